The molecule has 0 aliphatic carbocycles. The number of esters is 2. The number of halogens is 7. The Hall–Kier alpha value is -8.07. The number of fused-ring (bicyclic) bond motifs is 2. The van der Waals surface area contributed by atoms with E-state index in [4.69, 9.17) is 40.5 Å². The molecule has 4 heterocycles. The van der Waals surface area contributed by atoms with Gasteiger partial charge >= 0.3 is 23.3 Å². The molecule has 8 aromatic rings. The Kier molecular flexibility index (Phi) is 15.0. The number of methoxy groups -OCH3 is 2. The number of nitrogen functional groups attached to an aromatic ring is 1. The first kappa shape index (κ1) is 48.4. The summed E-state index contributed by atoms with van der Waals surface area (Å²) in [6, 6.07) is 20.6. The summed E-state index contributed by atoms with van der Waals surface area (Å²) in [4.78, 5) is 60.1. The van der Waals surface area contributed by atoms with E-state index in [9.17, 15) is 47.4 Å². The van der Waals surface area contributed by atoms with Crippen molar-refractivity contribution in [2.45, 2.75) is 0 Å². The number of carbonyl (C=O) groups is 2. The summed E-state index contributed by atoms with van der Waals surface area (Å²) < 4.78 is 64.3. The minimum Gasteiger partial charge on any atom is -0.465 e. The molecule has 0 spiro atoms. The van der Waals surface area contributed by atoms with Crippen LogP contribution in [0.15, 0.2) is 110 Å². The zero-order valence-electron chi connectivity index (χ0n) is 34.1. The van der Waals surface area contributed by atoms with E-state index in [0.717, 1.165) is 61.8 Å². The number of anilines is 3. The molecule has 3 N–H and O–H groups in total. The SMILES string of the molecule is COC(=O)c1cc(-c2ccnc(F)c2F)cc(N)c1[N+](=O)[O-].COC(=O)c1cc(-c2ccnc(F)c2F)cc(Nc2ccnc3c(Cl)cccc23)c1[N+](=O)[O-].Clc1ccnc2c(Cl)cccc12. The van der Waals surface area contributed by atoms with Crippen molar-refractivity contribution in [1.82, 2.24) is 19.9 Å². The predicted molar refractivity (Wildman–Crippen MR) is 241 cm³/mol. The molecule has 0 bridgehead atoms. The highest BCUT2D eigenvalue weighted by molar-refractivity contribution is 6.39. The maximum atomic E-state index is 14.4. The molecule has 4 aromatic heterocycles. The van der Waals surface area contributed by atoms with Gasteiger partial charge in [0.25, 0.3) is 0 Å². The molecule has 0 saturated heterocycles. The fourth-order valence-corrected chi connectivity index (χ4v) is 7.07. The Balaban J connectivity index is 0.000000186. The van der Waals surface area contributed by atoms with Crippen molar-refractivity contribution in [1.29, 1.82) is 0 Å². The van der Waals surface area contributed by atoms with Crippen LogP contribution in [-0.4, -0.2) is 55.9 Å². The number of hydrogen-bond acceptors (Lipinski definition) is 14. The second kappa shape index (κ2) is 20.8. The summed E-state index contributed by atoms with van der Waals surface area (Å²) >= 11 is 18.0. The molecule has 0 fully saturated rings. The van der Waals surface area contributed by atoms with Crippen LogP contribution in [0.2, 0.25) is 15.1 Å². The number of aromatic nitrogens is 4. The van der Waals surface area contributed by atoms with Crippen LogP contribution in [0.4, 0.5) is 46.0 Å². The third kappa shape index (κ3) is 10.4. The minimum atomic E-state index is -1.35. The van der Waals surface area contributed by atoms with Gasteiger partial charge in [0.05, 0.1) is 50.2 Å². The summed E-state index contributed by atoms with van der Waals surface area (Å²) in [5, 5.41) is 29.0. The summed E-state index contributed by atoms with van der Waals surface area (Å²) in [6.07, 6.45) is 5.16. The molecule has 0 radical (unpaired) electrons. The normalized spacial score (nSPS) is 10.6. The third-order valence-electron chi connectivity index (χ3n) is 9.40. The number of para-hydroxylation sites is 2. The highest BCUT2D eigenvalue weighted by Gasteiger charge is 2.29. The van der Waals surface area contributed by atoms with Gasteiger partial charge in [-0.05, 0) is 71.8 Å². The standard InChI is InChI=1S/C22H13ClF2N4O4.C13H9F2N3O4.C9H5Cl2N/c1-33-22(30)14-9-11(12-5-7-27-21(25)18(12)24)10-17(20(14)29(31)32)28-16-6-8-26-19-13(16)3-2-4-15(19)23;1-22-13(19)8-4-6(5-9(16)11(8)18(20)21)7-2-3-17-12(15)10(7)14;10-7-4-5-12-9-6(7)2-1-3-8(9)11/h2-10H,1H3,(H,26,28);2-5H,16H2,1H3;1-5H. The number of nitro benzene ring substituents is 2. The number of pyridine rings is 4. The molecular weight excluding hydrogens is 951 g/mol. The fourth-order valence-electron chi connectivity index (χ4n) is 6.41. The average molecular weight is 978 g/mol. The van der Waals surface area contributed by atoms with Crippen molar-refractivity contribution in [3.05, 3.63) is 180 Å². The number of nitrogens with two attached hydrogens (primary N) is 1. The molecule has 16 nitrogen and oxygen atoms in total. The summed E-state index contributed by atoms with van der Waals surface area (Å²) in [6.45, 7) is 0. The van der Waals surface area contributed by atoms with Crippen LogP contribution in [-0.2, 0) is 9.47 Å². The second-order valence-electron chi connectivity index (χ2n) is 13.4. The topological polar surface area (TPSA) is 228 Å². The fraction of sp³-hybridized carbons (Fsp3) is 0.0455. The lowest BCUT2D eigenvalue weighted by Gasteiger charge is -2.14. The lowest BCUT2D eigenvalue weighted by molar-refractivity contribution is -0.384. The van der Waals surface area contributed by atoms with E-state index >= 15 is 0 Å². The first-order valence-corrected chi connectivity index (χ1v) is 19.8. The first-order valence-electron chi connectivity index (χ1n) is 18.6. The molecule has 8 rings (SSSR count). The van der Waals surface area contributed by atoms with E-state index in [1.165, 1.54) is 18.3 Å². The van der Waals surface area contributed by atoms with Gasteiger partial charge < -0.3 is 20.5 Å². The Morgan fingerprint density at radius 1 is 0.597 bits per heavy atom. The Morgan fingerprint density at radius 3 is 1.57 bits per heavy atom. The smallest absolute Gasteiger partial charge is 0.345 e. The van der Waals surface area contributed by atoms with Crippen molar-refractivity contribution < 1.29 is 46.5 Å². The number of nitro groups is 2. The van der Waals surface area contributed by atoms with E-state index in [2.05, 4.69) is 34.7 Å². The van der Waals surface area contributed by atoms with Crippen LogP contribution in [0.25, 0.3) is 44.1 Å². The maximum Gasteiger partial charge on any atom is 0.345 e. The van der Waals surface area contributed by atoms with Crippen LogP contribution in [0.5, 0.6) is 0 Å². The number of ether oxygens (including phenoxy) is 2. The summed E-state index contributed by atoms with van der Waals surface area (Å²) in [5.74, 6) is -7.26. The first-order chi connectivity index (χ1) is 32.0. The van der Waals surface area contributed by atoms with Crippen LogP contribution >= 0.6 is 34.8 Å². The number of benzene rings is 4. The van der Waals surface area contributed by atoms with Crippen molar-refractivity contribution in [2.24, 2.45) is 0 Å². The zero-order chi connectivity index (χ0) is 48.7. The molecule has 0 aliphatic heterocycles. The van der Waals surface area contributed by atoms with Crippen molar-refractivity contribution in [2.75, 3.05) is 25.3 Å². The molecule has 0 aliphatic rings. The van der Waals surface area contributed by atoms with Crippen LogP contribution in [0.1, 0.15) is 20.7 Å². The van der Waals surface area contributed by atoms with Crippen molar-refractivity contribution in [3.8, 4) is 22.3 Å². The van der Waals surface area contributed by atoms with Gasteiger partial charge in [0.15, 0.2) is 11.6 Å². The van der Waals surface area contributed by atoms with Crippen LogP contribution in [0.3, 0.4) is 0 Å². The van der Waals surface area contributed by atoms with Gasteiger partial charge in [-0.2, -0.15) is 8.78 Å². The van der Waals surface area contributed by atoms with Crippen molar-refractivity contribution >= 4 is 97.0 Å². The van der Waals surface area contributed by atoms with Crippen LogP contribution in [0, 0.1) is 43.8 Å². The molecule has 340 valence electrons. The molecule has 0 unspecified atom stereocenters. The average Bonchev–Trinajstić information content (AvgIpc) is 3.30. The molecule has 0 atom stereocenters. The largest absolute Gasteiger partial charge is 0.465 e. The quantitative estimate of drug-likeness (QED) is 0.0360. The Bertz CT molecular complexity index is 3240. The van der Waals surface area contributed by atoms with Gasteiger partial charge in [0.2, 0.25) is 11.9 Å². The van der Waals surface area contributed by atoms with Gasteiger partial charge in [-0.3, -0.25) is 30.2 Å². The molecule has 23 heteroatoms. The summed E-state index contributed by atoms with van der Waals surface area (Å²) in [7, 11) is 2.08. The molecule has 4 aromatic carbocycles. The monoisotopic (exact) mass is 976 g/mol. The van der Waals surface area contributed by atoms with E-state index in [0.29, 0.717) is 31.7 Å². The maximum absolute atomic E-state index is 14.4. The minimum absolute atomic E-state index is 0.00121. The number of hydrogen-bond donors (Lipinski definition) is 2. The number of carbonyl (C=O) groups excluding carboxylic acids is 2. The number of nitrogens with zero attached hydrogens (tertiary/aromatic N) is 6. The predicted octanol–water partition coefficient (Wildman–Crippen LogP) is 11.5. The van der Waals surface area contributed by atoms with E-state index in [1.54, 1.807) is 42.6 Å². The molecular formula is C44H27Cl3F4N8O8. The lowest BCUT2D eigenvalue weighted by atomic mass is 10.00. The number of rotatable bonds is 8. The van der Waals surface area contributed by atoms with Crippen molar-refractivity contribution in [3.63, 3.8) is 0 Å². The zero-order valence-corrected chi connectivity index (χ0v) is 36.3. The highest BCUT2D eigenvalue weighted by atomic mass is 35.5. The van der Waals surface area contributed by atoms with Gasteiger partial charge in [-0.25, -0.2) is 28.3 Å². The Labute approximate surface area is 389 Å². The van der Waals surface area contributed by atoms with E-state index < -0.39 is 67.8 Å². The Morgan fingerprint density at radius 2 is 1.06 bits per heavy atom. The van der Waals surface area contributed by atoms with Crippen LogP contribution < -0.4 is 11.1 Å². The number of nitrogens with one attached hydrogen (secondary N) is 1. The molecule has 0 saturated carbocycles. The lowest BCUT2D eigenvalue weighted by Crippen LogP contribution is -2.09. The third-order valence-corrected chi connectivity index (χ3v) is 10.3. The van der Waals surface area contributed by atoms with E-state index in [1.807, 2.05) is 12.1 Å². The van der Waals surface area contributed by atoms with Gasteiger partial charge in [0.1, 0.15) is 22.5 Å². The van der Waals surface area contributed by atoms with Gasteiger partial charge in [-0.15, -0.1) is 0 Å². The van der Waals surface area contributed by atoms with Gasteiger partial charge in [-0.1, -0.05) is 59.1 Å². The highest BCUT2D eigenvalue weighted by Crippen LogP contribution is 2.40. The summed E-state index contributed by atoms with van der Waals surface area (Å²) in [5.41, 5.74) is 3.96. The van der Waals surface area contributed by atoms with E-state index in [-0.39, 0.29) is 33.6 Å². The second-order valence-corrected chi connectivity index (χ2v) is 14.6. The van der Waals surface area contributed by atoms with Gasteiger partial charge in [0, 0.05) is 52.4 Å². The molecule has 0 amide bonds. The molecule has 67 heavy (non-hydrogen) atoms.